The SMILES string of the molecule is CCC1CN(C(=O)c2cccnc2)CCC1CC(=O)NCc1ccccc1. The van der Waals surface area contributed by atoms with Gasteiger partial charge in [0.15, 0.2) is 0 Å². The van der Waals surface area contributed by atoms with E-state index in [0.29, 0.717) is 43.5 Å². The number of carbonyl (C=O) groups is 2. The number of hydrogen-bond donors (Lipinski definition) is 1. The Morgan fingerprint density at radius 3 is 2.67 bits per heavy atom. The molecule has 142 valence electrons. The molecule has 1 aliphatic heterocycles. The molecular formula is C22H27N3O2. The summed E-state index contributed by atoms with van der Waals surface area (Å²) in [5.74, 6) is 0.799. The van der Waals surface area contributed by atoms with Crippen molar-refractivity contribution in [2.45, 2.75) is 32.7 Å². The molecule has 5 heteroatoms. The van der Waals surface area contributed by atoms with Gasteiger partial charge in [0.05, 0.1) is 5.56 Å². The van der Waals surface area contributed by atoms with E-state index >= 15 is 0 Å². The number of amides is 2. The summed E-state index contributed by atoms with van der Waals surface area (Å²) in [5, 5.41) is 3.02. The molecule has 0 radical (unpaired) electrons. The Kier molecular flexibility index (Phi) is 6.58. The highest BCUT2D eigenvalue weighted by atomic mass is 16.2. The number of piperidine rings is 1. The zero-order valence-corrected chi connectivity index (χ0v) is 15.8. The normalized spacial score (nSPS) is 19.5. The average Bonchev–Trinajstić information content (AvgIpc) is 2.73. The van der Waals surface area contributed by atoms with Gasteiger partial charge in [-0.05, 0) is 36.0 Å². The van der Waals surface area contributed by atoms with Crippen molar-refractivity contribution >= 4 is 11.8 Å². The van der Waals surface area contributed by atoms with Crippen molar-refractivity contribution in [2.24, 2.45) is 11.8 Å². The first-order chi connectivity index (χ1) is 13.2. The zero-order valence-electron chi connectivity index (χ0n) is 15.8. The first kappa shape index (κ1) is 19.1. The van der Waals surface area contributed by atoms with Crippen LogP contribution in [0.2, 0.25) is 0 Å². The number of likely N-dealkylation sites (tertiary alicyclic amines) is 1. The van der Waals surface area contributed by atoms with Crippen molar-refractivity contribution in [2.75, 3.05) is 13.1 Å². The largest absolute Gasteiger partial charge is 0.352 e. The molecule has 0 spiro atoms. The predicted molar refractivity (Wildman–Crippen MR) is 105 cm³/mol. The second-order valence-corrected chi connectivity index (χ2v) is 7.18. The number of rotatable bonds is 6. The second-order valence-electron chi connectivity index (χ2n) is 7.18. The molecule has 3 rings (SSSR count). The maximum absolute atomic E-state index is 12.7. The molecule has 5 nitrogen and oxygen atoms in total. The van der Waals surface area contributed by atoms with Gasteiger partial charge in [-0.1, -0.05) is 43.7 Å². The number of benzene rings is 1. The van der Waals surface area contributed by atoms with E-state index in [1.807, 2.05) is 35.2 Å². The molecule has 1 fully saturated rings. The van der Waals surface area contributed by atoms with Gasteiger partial charge in [0.25, 0.3) is 5.91 Å². The van der Waals surface area contributed by atoms with Crippen LogP contribution in [0.4, 0.5) is 0 Å². The Hall–Kier alpha value is -2.69. The van der Waals surface area contributed by atoms with Crippen LogP contribution in [0.25, 0.3) is 0 Å². The lowest BCUT2D eigenvalue weighted by molar-refractivity contribution is -0.123. The minimum atomic E-state index is 0.0357. The highest BCUT2D eigenvalue weighted by Crippen LogP contribution is 2.29. The number of aromatic nitrogens is 1. The van der Waals surface area contributed by atoms with Crippen LogP contribution in [0.1, 0.15) is 42.1 Å². The summed E-state index contributed by atoms with van der Waals surface area (Å²) in [5.41, 5.74) is 1.74. The van der Waals surface area contributed by atoms with Gasteiger partial charge in [0.2, 0.25) is 5.91 Å². The Balaban J connectivity index is 1.52. The monoisotopic (exact) mass is 365 g/mol. The summed E-state index contributed by atoms with van der Waals surface area (Å²) in [6.07, 6.45) is 5.65. The van der Waals surface area contributed by atoms with E-state index in [1.54, 1.807) is 24.5 Å². The predicted octanol–water partition coefficient (Wildman–Crippen LogP) is 3.28. The fraction of sp³-hybridized carbons (Fsp3) is 0.409. The lowest BCUT2D eigenvalue weighted by Gasteiger charge is -2.38. The van der Waals surface area contributed by atoms with E-state index in [4.69, 9.17) is 0 Å². The lowest BCUT2D eigenvalue weighted by Crippen LogP contribution is -2.44. The summed E-state index contributed by atoms with van der Waals surface area (Å²) in [4.78, 5) is 31.0. The second kappa shape index (κ2) is 9.31. The van der Waals surface area contributed by atoms with E-state index in [9.17, 15) is 9.59 Å². The van der Waals surface area contributed by atoms with E-state index in [0.717, 1.165) is 18.4 Å². The van der Waals surface area contributed by atoms with Crippen molar-refractivity contribution in [3.63, 3.8) is 0 Å². The van der Waals surface area contributed by atoms with E-state index in [2.05, 4.69) is 17.2 Å². The minimum Gasteiger partial charge on any atom is -0.352 e. The third kappa shape index (κ3) is 5.16. The summed E-state index contributed by atoms with van der Waals surface area (Å²) in [7, 11) is 0. The van der Waals surface area contributed by atoms with Gasteiger partial charge < -0.3 is 10.2 Å². The molecule has 1 N–H and O–H groups in total. The molecule has 27 heavy (non-hydrogen) atoms. The smallest absolute Gasteiger partial charge is 0.255 e. The highest BCUT2D eigenvalue weighted by molar-refractivity contribution is 5.94. The quantitative estimate of drug-likeness (QED) is 0.854. The van der Waals surface area contributed by atoms with Crippen molar-refractivity contribution in [3.8, 4) is 0 Å². The highest BCUT2D eigenvalue weighted by Gasteiger charge is 2.32. The summed E-state index contributed by atoms with van der Waals surface area (Å²) < 4.78 is 0. The van der Waals surface area contributed by atoms with Crippen LogP contribution >= 0.6 is 0 Å². The molecule has 2 unspecified atom stereocenters. The van der Waals surface area contributed by atoms with Gasteiger partial charge in [0.1, 0.15) is 0 Å². The van der Waals surface area contributed by atoms with Crippen LogP contribution in [0, 0.1) is 11.8 Å². The molecule has 2 heterocycles. The molecule has 2 amide bonds. The summed E-state index contributed by atoms with van der Waals surface area (Å²) in [6.45, 7) is 4.11. The van der Waals surface area contributed by atoms with Crippen LogP contribution in [0.3, 0.4) is 0 Å². The van der Waals surface area contributed by atoms with Gasteiger partial charge in [-0.3, -0.25) is 14.6 Å². The van der Waals surface area contributed by atoms with Crippen molar-refractivity contribution < 1.29 is 9.59 Å². The van der Waals surface area contributed by atoms with Crippen LogP contribution < -0.4 is 5.32 Å². The fourth-order valence-corrected chi connectivity index (χ4v) is 3.78. The Bertz CT molecular complexity index is 749. The Morgan fingerprint density at radius 2 is 1.96 bits per heavy atom. The summed E-state index contributed by atoms with van der Waals surface area (Å²) >= 11 is 0. The molecule has 2 aromatic rings. The fourth-order valence-electron chi connectivity index (χ4n) is 3.78. The van der Waals surface area contributed by atoms with Crippen molar-refractivity contribution in [3.05, 3.63) is 66.0 Å². The van der Waals surface area contributed by atoms with Gasteiger partial charge in [0, 0.05) is 38.4 Å². The number of nitrogens with zero attached hydrogens (tertiary/aromatic N) is 2. The van der Waals surface area contributed by atoms with Gasteiger partial charge in [-0.15, -0.1) is 0 Å². The van der Waals surface area contributed by atoms with Crippen molar-refractivity contribution in [1.29, 1.82) is 0 Å². The molecule has 0 saturated carbocycles. The van der Waals surface area contributed by atoms with Gasteiger partial charge >= 0.3 is 0 Å². The first-order valence-electron chi connectivity index (χ1n) is 9.67. The average molecular weight is 365 g/mol. The molecule has 2 atom stereocenters. The molecule has 0 aliphatic carbocycles. The van der Waals surface area contributed by atoms with Crippen LogP contribution in [0.15, 0.2) is 54.9 Å². The lowest BCUT2D eigenvalue weighted by atomic mass is 9.81. The topological polar surface area (TPSA) is 62.3 Å². The third-order valence-electron chi connectivity index (χ3n) is 5.39. The summed E-state index contributed by atoms with van der Waals surface area (Å²) in [6, 6.07) is 13.5. The standard InChI is InChI=1S/C22H27N3O2/c1-2-18-16-25(22(27)20-9-6-11-23-15-20)12-10-19(18)13-21(26)24-14-17-7-4-3-5-8-17/h3-9,11,15,18-19H,2,10,12-14,16H2,1H3,(H,24,26). The number of hydrogen-bond acceptors (Lipinski definition) is 3. The van der Waals surface area contributed by atoms with E-state index in [-0.39, 0.29) is 11.8 Å². The van der Waals surface area contributed by atoms with Crippen LogP contribution in [0.5, 0.6) is 0 Å². The van der Waals surface area contributed by atoms with Crippen LogP contribution in [-0.4, -0.2) is 34.8 Å². The van der Waals surface area contributed by atoms with Crippen LogP contribution in [-0.2, 0) is 11.3 Å². The van der Waals surface area contributed by atoms with E-state index in [1.165, 1.54) is 0 Å². The zero-order chi connectivity index (χ0) is 19.1. The Morgan fingerprint density at radius 1 is 1.15 bits per heavy atom. The molecule has 1 aromatic heterocycles. The maximum Gasteiger partial charge on any atom is 0.255 e. The number of pyridine rings is 1. The van der Waals surface area contributed by atoms with Gasteiger partial charge in [-0.2, -0.15) is 0 Å². The molecule has 1 aromatic carbocycles. The first-order valence-corrected chi connectivity index (χ1v) is 9.67. The number of nitrogens with one attached hydrogen (secondary N) is 1. The van der Waals surface area contributed by atoms with Gasteiger partial charge in [-0.25, -0.2) is 0 Å². The molecule has 1 aliphatic rings. The maximum atomic E-state index is 12.7. The minimum absolute atomic E-state index is 0.0357. The number of carbonyl (C=O) groups excluding carboxylic acids is 2. The third-order valence-corrected chi connectivity index (χ3v) is 5.39. The molecular weight excluding hydrogens is 338 g/mol. The molecule has 0 bridgehead atoms. The van der Waals surface area contributed by atoms with Crippen molar-refractivity contribution in [1.82, 2.24) is 15.2 Å². The molecule has 1 saturated heterocycles. The Labute approximate surface area is 160 Å². The van der Waals surface area contributed by atoms with E-state index < -0.39 is 0 Å².